The summed E-state index contributed by atoms with van der Waals surface area (Å²) >= 11 is 0. The number of hydrogen-bond acceptors (Lipinski definition) is 4. The zero-order chi connectivity index (χ0) is 20.3. The van der Waals surface area contributed by atoms with E-state index in [1.54, 1.807) is 0 Å². The average molecular weight is 391 g/mol. The highest BCUT2D eigenvalue weighted by molar-refractivity contribution is 5.97. The molecule has 3 rings (SSSR count). The second-order valence-corrected chi connectivity index (χ2v) is 7.15. The number of aliphatic hydroxyl groups excluding tert-OH is 2. The Labute approximate surface area is 162 Å². The number of amides is 1. The van der Waals surface area contributed by atoms with Crippen LogP contribution in [0.4, 0.5) is 8.78 Å². The Balaban J connectivity index is 1.92. The van der Waals surface area contributed by atoms with Crippen molar-refractivity contribution in [3.8, 4) is 5.75 Å². The standard InChI is InChI=1S/C21H23F2NO4/c1-28-16-8-7-15(22)19(23)18(16)20(27)24-10-9-17(26)21(12-24,13-25)11-14-5-3-2-4-6-14/h2-8,17,25-26H,9-13H2,1H3/t17-,21+/m1/s1. The number of rotatable bonds is 5. The molecule has 0 bridgehead atoms. The van der Waals surface area contributed by atoms with Gasteiger partial charge in [-0.3, -0.25) is 4.79 Å². The number of likely N-dealkylation sites (tertiary alicyclic amines) is 1. The van der Waals surface area contributed by atoms with Crippen LogP contribution >= 0.6 is 0 Å². The number of methoxy groups -OCH3 is 1. The van der Waals surface area contributed by atoms with Crippen LogP contribution in [-0.2, 0) is 6.42 Å². The maximum atomic E-state index is 14.4. The fourth-order valence-electron chi connectivity index (χ4n) is 3.77. The van der Waals surface area contributed by atoms with Crippen LogP contribution in [0.25, 0.3) is 0 Å². The summed E-state index contributed by atoms with van der Waals surface area (Å²) in [5.41, 5.74) is -0.573. The van der Waals surface area contributed by atoms with Gasteiger partial charge in [0.05, 0.1) is 19.8 Å². The highest BCUT2D eigenvalue weighted by Gasteiger charge is 2.44. The van der Waals surface area contributed by atoms with E-state index in [2.05, 4.69) is 0 Å². The SMILES string of the molecule is COc1ccc(F)c(F)c1C(=O)N1CC[C@@H](O)[C@@](CO)(Cc2ccccc2)C1. The van der Waals surface area contributed by atoms with E-state index in [-0.39, 0.29) is 31.9 Å². The van der Waals surface area contributed by atoms with Crippen molar-refractivity contribution in [2.45, 2.75) is 18.9 Å². The molecule has 150 valence electrons. The van der Waals surface area contributed by atoms with Crippen molar-refractivity contribution < 1.29 is 28.5 Å². The Morgan fingerprint density at radius 3 is 2.61 bits per heavy atom. The molecular formula is C21H23F2NO4. The molecule has 1 fully saturated rings. The molecule has 5 nitrogen and oxygen atoms in total. The van der Waals surface area contributed by atoms with Crippen molar-refractivity contribution in [2.24, 2.45) is 5.41 Å². The van der Waals surface area contributed by atoms with Crippen LogP contribution < -0.4 is 4.74 Å². The number of nitrogens with zero attached hydrogens (tertiary/aromatic N) is 1. The van der Waals surface area contributed by atoms with Crippen LogP contribution in [0.3, 0.4) is 0 Å². The molecule has 28 heavy (non-hydrogen) atoms. The molecule has 1 amide bonds. The lowest BCUT2D eigenvalue weighted by Gasteiger charge is -2.45. The number of benzene rings is 2. The van der Waals surface area contributed by atoms with Crippen LogP contribution in [0, 0.1) is 17.0 Å². The first-order valence-electron chi connectivity index (χ1n) is 9.06. The second kappa shape index (κ2) is 8.24. The van der Waals surface area contributed by atoms with Gasteiger partial charge in [-0.25, -0.2) is 8.78 Å². The smallest absolute Gasteiger partial charge is 0.260 e. The minimum absolute atomic E-state index is 0.0114. The van der Waals surface area contributed by atoms with Gasteiger partial charge in [0.15, 0.2) is 11.6 Å². The third kappa shape index (κ3) is 3.72. The van der Waals surface area contributed by atoms with Crippen molar-refractivity contribution in [3.05, 3.63) is 65.2 Å². The van der Waals surface area contributed by atoms with Gasteiger partial charge >= 0.3 is 0 Å². The zero-order valence-electron chi connectivity index (χ0n) is 15.6. The van der Waals surface area contributed by atoms with Gasteiger partial charge < -0.3 is 19.8 Å². The predicted molar refractivity (Wildman–Crippen MR) is 99.1 cm³/mol. The van der Waals surface area contributed by atoms with E-state index in [0.29, 0.717) is 6.42 Å². The molecule has 1 heterocycles. The second-order valence-electron chi connectivity index (χ2n) is 7.15. The van der Waals surface area contributed by atoms with Crippen LogP contribution in [0.5, 0.6) is 5.75 Å². The van der Waals surface area contributed by atoms with Crippen molar-refractivity contribution in [3.63, 3.8) is 0 Å². The van der Waals surface area contributed by atoms with Gasteiger partial charge in [-0.2, -0.15) is 0 Å². The molecule has 2 aromatic carbocycles. The number of carbonyl (C=O) groups is 1. The van der Waals surface area contributed by atoms with Crippen molar-refractivity contribution in [2.75, 3.05) is 26.8 Å². The molecule has 1 saturated heterocycles. The minimum Gasteiger partial charge on any atom is -0.496 e. The van der Waals surface area contributed by atoms with E-state index in [4.69, 9.17) is 4.74 Å². The molecule has 2 atom stereocenters. The van der Waals surface area contributed by atoms with Gasteiger partial charge in [-0.05, 0) is 30.5 Å². The number of carbonyl (C=O) groups excluding carboxylic acids is 1. The lowest BCUT2D eigenvalue weighted by Crippen LogP contribution is -2.56. The summed E-state index contributed by atoms with van der Waals surface area (Å²) in [5, 5.41) is 20.7. The molecule has 0 unspecified atom stereocenters. The fourth-order valence-corrected chi connectivity index (χ4v) is 3.77. The largest absolute Gasteiger partial charge is 0.496 e. The van der Waals surface area contributed by atoms with E-state index in [1.165, 1.54) is 18.1 Å². The number of halogens is 2. The number of piperidine rings is 1. The monoisotopic (exact) mass is 391 g/mol. The van der Waals surface area contributed by atoms with Gasteiger partial charge in [-0.1, -0.05) is 30.3 Å². The lowest BCUT2D eigenvalue weighted by molar-refractivity contribution is -0.0669. The molecule has 0 aromatic heterocycles. The lowest BCUT2D eigenvalue weighted by atomic mass is 9.73. The number of aliphatic hydroxyl groups is 2. The Morgan fingerprint density at radius 2 is 1.96 bits per heavy atom. The first-order valence-corrected chi connectivity index (χ1v) is 9.06. The quantitative estimate of drug-likeness (QED) is 0.821. The first kappa shape index (κ1) is 20.2. The normalized spacial score (nSPS) is 22.2. The van der Waals surface area contributed by atoms with Crippen LogP contribution in [-0.4, -0.2) is 53.9 Å². The van der Waals surface area contributed by atoms with Crippen LogP contribution in [0.1, 0.15) is 22.3 Å². The topological polar surface area (TPSA) is 70.0 Å². The number of hydrogen-bond donors (Lipinski definition) is 2. The Morgan fingerprint density at radius 1 is 1.25 bits per heavy atom. The Kier molecular flexibility index (Phi) is 5.96. The van der Waals surface area contributed by atoms with Gasteiger partial charge in [0.25, 0.3) is 5.91 Å². The maximum absolute atomic E-state index is 14.4. The summed E-state index contributed by atoms with van der Waals surface area (Å²) in [6.07, 6.45) is -0.266. The van der Waals surface area contributed by atoms with Crippen molar-refractivity contribution in [1.29, 1.82) is 0 Å². The van der Waals surface area contributed by atoms with Gasteiger partial charge in [0, 0.05) is 18.5 Å². The molecule has 0 radical (unpaired) electrons. The van der Waals surface area contributed by atoms with Crippen LogP contribution in [0.2, 0.25) is 0 Å². The van der Waals surface area contributed by atoms with E-state index >= 15 is 0 Å². The summed E-state index contributed by atoms with van der Waals surface area (Å²) in [6, 6.07) is 11.4. The molecule has 0 saturated carbocycles. The summed E-state index contributed by atoms with van der Waals surface area (Å²) in [5.74, 6) is -3.20. The Bertz CT molecular complexity index is 846. The van der Waals surface area contributed by atoms with E-state index in [1.807, 2.05) is 30.3 Å². The molecule has 1 aliphatic rings. The third-order valence-electron chi connectivity index (χ3n) is 5.38. The van der Waals surface area contributed by atoms with Crippen LogP contribution in [0.15, 0.2) is 42.5 Å². The molecule has 1 aliphatic heterocycles. The summed E-state index contributed by atoms with van der Waals surface area (Å²) in [4.78, 5) is 14.3. The average Bonchev–Trinajstić information content (AvgIpc) is 2.72. The number of ether oxygens (including phenoxy) is 1. The summed E-state index contributed by atoms with van der Waals surface area (Å²) in [6.45, 7) is -0.178. The fraction of sp³-hybridized carbons (Fsp3) is 0.381. The Hall–Kier alpha value is -2.51. The zero-order valence-corrected chi connectivity index (χ0v) is 15.6. The van der Waals surface area contributed by atoms with Crippen molar-refractivity contribution in [1.82, 2.24) is 4.90 Å². The van der Waals surface area contributed by atoms with Crippen molar-refractivity contribution >= 4 is 5.91 Å². The maximum Gasteiger partial charge on any atom is 0.260 e. The van der Waals surface area contributed by atoms with Gasteiger partial charge in [0.2, 0.25) is 0 Å². The third-order valence-corrected chi connectivity index (χ3v) is 5.38. The molecule has 2 aromatic rings. The predicted octanol–water partition coefficient (Wildman–Crippen LogP) is 2.40. The molecule has 0 aliphatic carbocycles. The molecule has 2 N–H and O–H groups in total. The van der Waals surface area contributed by atoms with E-state index in [9.17, 15) is 23.8 Å². The molecule has 7 heteroatoms. The highest BCUT2D eigenvalue weighted by Crippen LogP contribution is 2.35. The first-order chi connectivity index (χ1) is 13.4. The van der Waals surface area contributed by atoms with E-state index < -0.39 is 34.6 Å². The minimum atomic E-state index is -1.27. The van der Waals surface area contributed by atoms with Gasteiger partial charge in [0.1, 0.15) is 11.3 Å². The summed E-state index contributed by atoms with van der Waals surface area (Å²) < 4.78 is 33.1. The van der Waals surface area contributed by atoms with E-state index in [0.717, 1.165) is 11.6 Å². The van der Waals surface area contributed by atoms with Gasteiger partial charge in [-0.15, -0.1) is 0 Å². The molecule has 0 spiro atoms. The molecular weight excluding hydrogens is 368 g/mol. The highest BCUT2D eigenvalue weighted by atomic mass is 19.2. The summed E-state index contributed by atoms with van der Waals surface area (Å²) in [7, 11) is 1.27.